The number of rotatable bonds is 4. The van der Waals surface area contributed by atoms with Crippen molar-refractivity contribution in [2.24, 2.45) is 23.7 Å². The molecule has 4 fully saturated rings. The molecule has 10 nitrogen and oxygen atoms in total. The number of hydrogen-bond acceptors (Lipinski definition) is 6. The zero-order valence-electron chi connectivity index (χ0n) is 25.0. The molecule has 2 bridgehead atoms. The molecular formula is C32H47N5O5. The van der Waals surface area contributed by atoms with Crippen LogP contribution in [0.4, 0.5) is 0 Å². The van der Waals surface area contributed by atoms with E-state index >= 15 is 0 Å². The minimum absolute atomic E-state index is 0.0194. The number of hydrogen-bond donors (Lipinski definition) is 2. The Bertz CT molecular complexity index is 1140. The summed E-state index contributed by atoms with van der Waals surface area (Å²) < 4.78 is 0. The highest BCUT2D eigenvalue weighted by Crippen LogP contribution is 2.33. The van der Waals surface area contributed by atoms with Crippen LogP contribution < -0.4 is 5.32 Å². The third-order valence-corrected chi connectivity index (χ3v) is 10.0. The van der Waals surface area contributed by atoms with Gasteiger partial charge in [-0.25, -0.2) is 0 Å². The number of nitrogens with one attached hydrogen (secondary N) is 1. The van der Waals surface area contributed by atoms with Crippen LogP contribution in [0, 0.1) is 23.7 Å². The van der Waals surface area contributed by atoms with Crippen LogP contribution in [0.5, 0.6) is 5.75 Å². The molecule has 1 aromatic rings. The number of likely N-dealkylation sites (tertiary alicyclic amines) is 2. The van der Waals surface area contributed by atoms with Gasteiger partial charge in [0.2, 0.25) is 23.6 Å². The largest absolute Gasteiger partial charge is 0.508 e. The summed E-state index contributed by atoms with van der Waals surface area (Å²) in [6, 6.07) is 7.39. The molecule has 230 valence electrons. The van der Waals surface area contributed by atoms with Crippen molar-refractivity contribution in [1.82, 2.24) is 24.9 Å². The van der Waals surface area contributed by atoms with Crippen molar-refractivity contribution in [1.29, 1.82) is 0 Å². The van der Waals surface area contributed by atoms with Crippen LogP contribution in [0.3, 0.4) is 0 Å². The molecule has 1 aromatic carbocycles. The molecule has 5 rings (SSSR count). The van der Waals surface area contributed by atoms with Crippen LogP contribution >= 0.6 is 0 Å². The number of phenols is 1. The van der Waals surface area contributed by atoms with E-state index in [1.54, 1.807) is 22.9 Å². The predicted octanol–water partition coefficient (Wildman–Crippen LogP) is 2.07. The second-order valence-corrected chi connectivity index (χ2v) is 12.9. The number of benzene rings is 1. The van der Waals surface area contributed by atoms with Crippen LogP contribution in [0.1, 0.15) is 56.9 Å². The molecule has 2 N–H and O–H groups in total. The van der Waals surface area contributed by atoms with Crippen LogP contribution in [0.2, 0.25) is 0 Å². The number of para-hydroxylation sites is 1. The molecule has 4 atom stereocenters. The standard InChI is InChI=1S/C32H47N5O5/c1-34-22-32(42)37-15-10-24(18-31(41)36-12-4-5-13-36)27(21-37)16-29(39)33-11-8-25-19-35(14-9-23(25)17-30(34)40)20-26-6-2-3-7-28(26)38/h2-3,6-7,23-25,27,38H,4-5,8-22H2,1H3,(H,33,39)/t23-,24-,25-,27-/m0/s1. The van der Waals surface area contributed by atoms with Gasteiger partial charge in [0, 0.05) is 77.7 Å². The van der Waals surface area contributed by atoms with E-state index in [2.05, 4.69) is 10.2 Å². The van der Waals surface area contributed by atoms with Gasteiger partial charge >= 0.3 is 0 Å². The quantitative estimate of drug-likeness (QED) is 0.563. The van der Waals surface area contributed by atoms with Gasteiger partial charge in [-0.05, 0) is 68.4 Å². The van der Waals surface area contributed by atoms with E-state index in [0.29, 0.717) is 51.9 Å². The van der Waals surface area contributed by atoms with E-state index < -0.39 is 0 Å². The van der Waals surface area contributed by atoms with Gasteiger partial charge in [-0.2, -0.15) is 0 Å². The maximum Gasteiger partial charge on any atom is 0.242 e. The van der Waals surface area contributed by atoms with E-state index in [-0.39, 0.29) is 59.6 Å². The smallest absolute Gasteiger partial charge is 0.242 e. The third-order valence-electron chi connectivity index (χ3n) is 10.0. The molecule has 4 aliphatic heterocycles. The Morgan fingerprint density at radius 3 is 2.48 bits per heavy atom. The van der Waals surface area contributed by atoms with E-state index in [9.17, 15) is 24.3 Å². The maximum atomic E-state index is 13.3. The fraction of sp³-hybridized carbons (Fsp3) is 0.688. The van der Waals surface area contributed by atoms with Gasteiger partial charge < -0.3 is 25.1 Å². The van der Waals surface area contributed by atoms with Gasteiger partial charge in [0.25, 0.3) is 0 Å². The molecular weight excluding hydrogens is 534 g/mol. The van der Waals surface area contributed by atoms with Crippen LogP contribution in [0.25, 0.3) is 0 Å². The van der Waals surface area contributed by atoms with E-state index in [1.165, 1.54) is 0 Å². The summed E-state index contributed by atoms with van der Waals surface area (Å²) in [5.74, 6) is 0.654. The summed E-state index contributed by atoms with van der Waals surface area (Å²) in [6.07, 6.45) is 5.50. The number of amides is 4. The molecule has 0 aliphatic carbocycles. The Hall–Kier alpha value is -3.14. The molecule has 0 radical (unpaired) electrons. The molecule has 0 unspecified atom stereocenters. The number of carbonyl (C=O) groups is 4. The van der Waals surface area contributed by atoms with Gasteiger partial charge in [-0.3, -0.25) is 24.1 Å². The second-order valence-electron chi connectivity index (χ2n) is 12.9. The summed E-state index contributed by atoms with van der Waals surface area (Å²) >= 11 is 0. The number of carbonyl (C=O) groups excluding carboxylic acids is 4. The lowest BCUT2D eigenvalue weighted by Crippen LogP contribution is -2.49. The first-order valence-electron chi connectivity index (χ1n) is 15.8. The number of aromatic hydroxyl groups is 1. The van der Waals surface area contributed by atoms with Gasteiger partial charge in [-0.1, -0.05) is 18.2 Å². The van der Waals surface area contributed by atoms with Crippen molar-refractivity contribution in [3.63, 3.8) is 0 Å². The highest BCUT2D eigenvalue weighted by atomic mass is 16.3. The Labute approximate surface area is 249 Å². The number of nitrogens with zero attached hydrogens (tertiary/aromatic N) is 4. The Kier molecular flexibility index (Phi) is 10.0. The fourth-order valence-electron chi connectivity index (χ4n) is 7.39. The van der Waals surface area contributed by atoms with E-state index in [1.807, 2.05) is 23.1 Å². The normalized spacial score (nSPS) is 28.6. The highest BCUT2D eigenvalue weighted by Gasteiger charge is 2.37. The summed E-state index contributed by atoms with van der Waals surface area (Å²) in [7, 11) is 1.71. The third kappa shape index (κ3) is 7.62. The van der Waals surface area contributed by atoms with Gasteiger partial charge in [0.1, 0.15) is 5.75 Å². The van der Waals surface area contributed by atoms with Crippen molar-refractivity contribution in [2.75, 3.05) is 59.4 Å². The van der Waals surface area contributed by atoms with Crippen molar-refractivity contribution < 1.29 is 24.3 Å². The molecule has 4 heterocycles. The van der Waals surface area contributed by atoms with Crippen LogP contribution in [0.15, 0.2) is 24.3 Å². The Morgan fingerprint density at radius 2 is 1.69 bits per heavy atom. The average Bonchev–Trinajstić information content (AvgIpc) is 3.51. The summed E-state index contributed by atoms with van der Waals surface area (Å²) in [4.78, 5) is 60.4. The topological polar surface area (TPSA) is 114 Å². The van der Waals surface area contributed by atoms with Crippen molar-refractivity contribution in [3.05, 3.63) is 29.8 Å². The molecule has 4 aliphatic rings. The number of fused-ring (bicyclic) bond motifs is 3. The van der Waals surface area contributed by atoms with E-state index in [4.69, 9.17) is 0 Å². The number of likely N-dealkylation sites (N-methyl/N-ethyl adjacent to an activating group) is 1. The minimum Gasteiger partial charge on any atom is -0.508 e. The fourth-order valence-corrected chi connectivity index (χ4v) is 7.39. The average molecular weight is 582 g/mol. The Morgan fingerprint density at radius 1 is 0.905 bits per heavy atom. The van der Waals surface area contributed by atoms with Crippen molar-refractivity contribution in [2.45, 2.75) is 57.9 Å². The van der Waals surface area contributed by atoms with Crippen LogP contribution in [-0.4, -0.2) is 108 Å². The van der Waals surface area contributed by atoms with Gasteiger partial charge in [-0.15, -0.1) is 0 Å². The first kappa shape index (κ1) is 30.3. The van der Waals surface area contributed by atoms with Gasteiger partial charge in [0.05, 0.1) is 6.54 Å². The van der Waals surface area contributed by atoms with Crippen molar-refractivity contribution in [3.8, 4) is 5.75 Å². The lowest BCUT2D eigenvalue weighted by molar-refractivity contribution is -0.142. The summed E-state index contributed by atoms with van der Waals surface area (Å²) in [5.41, 5.74) is 0.884. The van der Waals surface area contributed by atoms with Gasteiger partial charge in [0.15, 0.2) is 0 Å². The zero-order chi connectivity index (χ0) is 29.6. The number of phenolic OH excluding ortho intramolecular Hbond substituents is 1. The van der Waals surface area contributed by atoms with Crippen molar-refractivity contribution >= 4 is 23.6 Å². The molecule has 0 spiro atoms. The lowest BCUT2D eigenvalue weighted by atomic mass is 9.80. The first-order chi connectivity index (χ1) is 20.3. The van der Waals surface area contributed by atoms with E-state index in [0.717, 1.165) is 57.4 Å². The highest BCUT2D eigenvalue weighted by molar-refractivity contribution is 5.85. The molecule has 0 aromatic heterocycles. The maximum absolute atomic E-state index is 13.3. The lowest BCUT2D eigenvalue weighted by Gasteiger charge is -2.39. The van der Waals surface area contributed by atoms with Crippen LogP contribution in [-0.2, 0) is 25.7 Å². The molecule has 4 saturated heterocycles. The molecule has 0 saturated carbocycles. The Balaban J connectivity index is 1.27. The first-order valence-corrected chi connectivity index (χ1v) is 15.8. The SMILES string of the molecule is CN1CC(=O)N2CC[C@@H](CC(=O)N3CCCC3)[C@@H](CC(=O)NCC[C@H]3CN(Cc4ccccc4O)CC[C@H]3CC1=O)C2. The number of piperidine rings is 2. The molecule has 42 heavy (non-hydrogen) atoms. The molecule has 4 amide bonds. The monoisotopic (exact) mass is 581 g/mol. The second kappa shape index (κ2) is 13.9. The zero-order valence-corrected chi connectivity index (χ0v) is 25.0. The summed E-state index contributed by atoms with van der Waals surface area (Å²) in [6.45, 7) is 5.42. The minimum atomic E-state index is -0.0931. The predicted molar refractivity (Wildman–Crippen MR) is 158 cm³/mol. The molecule has 10 heteroatoms. The summed E-state index contributed by atoms with van der Waals surface area (Å²) in [5, 5.41) is 13.4.